The zero-order valence-electron chi connectivity index (χ0n) is 18.8. The molecule has 0 aliphatic carbocycles. The number of piperidine rings is 1. The Balaban J connectivity index is 1.48. The molecule has 0 bridgehead atoms. The quantitative estimate of drug-likeness (QED) is 0.534. The van der Waals surface area contributed by atoms with Crippen LogP contribution >= 0.6 is 0 Å². The highest BCUT2D eigenvalue weighted by Crippen LogP contribution is 2.19. The molecule has 0 unspecified atom stereocenters. The molecule has 7 heteroatoms. The molecule has 0 saturated carbocycles. The van der Waals surface area contributed by atoms with Crippen LogP contribution in [0.1, 0.15) is 65.8 Å². The molecule has 2 aromatic carbocycles. The Morgan fingerprint density at radius 3 is 2.12 bits per heavy atom. The highest BCUT2D eigenvalue weighted by atomic mass is 16.7. The van der Waals surface area contributed by atoms with Crippen molar-refractivity contribution in [2.75, 3.05) is 19.7 Å². The van der Waals surface area contributed by atoms with Crippen molar-refractivity contribution >= 4 is 18.0 Å². The summed E-state index contributed by atoms with van der Waals surface area (Å²) in [6.45, 7) is 7.38. The molecule has 0 atom stereocenters. The third kappa shape index (κ3) is 6.09. The van der Waals surface area contributed by atoms with Gasteiger partial charge < -0.3 is 19.7 Å². The van der Waals surface area contributed by atoms with Gasteiger partial charge in [0.1, 0.15) is 5.75 Å². The minimum Gasteiger partial charge on any atom is -0.434 e. The summed E-state index contributed by atoms with van der Waals surface area (Å²) in [7, 11) is 0. The second-order valence-corrected chi connectivity index (χ2v) is 8.13. The Hall–Kier alpha value is -3.35. The summed E-state index contributed by atoms with van der Waals surface area (Å²) in [6, 6.07) is 14.1. The lowest BCUT2D eigenvalue weighted by molar-refractivity contribution is 0.0698. The van der Waals surface area contributed by atoms with Gasteiger partial charge in [0, 0.05) is 30.3 Å². The van der Waals surface area contributed by atoms with E-state index in [2.05, 4.69) is 19.2 Å². The van der Waals surface area contributed by atoms with Gasteiger partial charge in [-0.05, 0) is 67.6 Å². The molecule has 1 saturated heterocycles. The molecule has 170 valence electrons. The number of amides is 2. The van der Waals surface area contributed by atoms with Crippen LogP contribution in [-0.4, -0.2) is 48.6 Å². The van der Waals surface area contributed by atoms with Crippen LogP contribution in [0.15, 0.2) is 48.5 Å². The number of nitrogens with zero attached hydrogens (tertiary/aromatic N) is 1. The second-order valence-electron chi connectivity index (χ2n) is 8.13. The molecular weight excluding hydrogens is 408 g/mol. The Kier molecular flexibility index (Phi) is 7.87. The Bertz CT molecular complexity index is 930. The number of carbonyl (C=O) groups is 3. The van der Waals surface area contributed by atoms with Gasteiger partial charge in [0.2, 0.25) is 0 Å². The van der Waals surface area contributed by atoms with E-state index in [1.807, 2.05) is 29.2 Å². The normalized spacial score (nSPS) is 14.2. The lowest BCUT2D eigenvalue weighted by Gasteiger charge is -2.32. The third-order valence-corrected chi connectivity index (χ3v) is 5.52. The number of hydrogen-bond donors (Lipinski definition) is 1. The maximum absolute atomic E-state index is 12.8. The number of hydrogen-bond acceptors (Lipinski definition) is 5. The van der Waals surface area contributed by atoms with Gasteiger partial charge in [0.15, 0.2) is 0 Å². The van der Waals surface area contributed by atoms with Gasteiger partial charge in [-0.15, -0.1) is 0 Å². The van der Waals surface area contributed by atoms with E-state index < -0.39 is 6.16 Å². The monoisotopic (exact) mass is 438 g/mol. The molecule has 1 aliphatic rings. The first kappa shape index (κ1) is 23.3. The molecule has 0 aromatic heterocycles. The minimum atomic E-state index is -0.776. The Morgan fingerprint density at radius 1 is 0.969 bits per heavy atom. The molecule has 0 radical (unpaired) electrons. The molecule has 0 spiro atoms. The van der Waals surface area contributed by atoms with Crippen LogP contribution in [0.5, 0.6) is 5.75 Å². The van der Waals surface area contributed by atoms with Crippen LogP contribution in [-0.2, 0) is 4.74 Å². The van der Waals surface area contributed by atoms with E-state index in [-0.39, 0.29) is 24.5 Å². The maximum atomic E-state index is 12.8. The topological polar surface area (TPSA) is 84.9 Å². The SMILES string of the molecule is CCOC(=O)Oc1ccc(C(=O)NC2CCN(C(=O)c3ccc(C(C)C)cc3)CC2)cc1. The van der Waals surface area contributed by atoms with Crippen LogP contribution < -0.4 is 10.1 Å². The molecule has 1 fully saturated rings. The summed E-state index contributed by atoms with van der Waals surface area (Å²) < 4.78 is 9.72. The van der Waals surface area contributed by atoms with Crippen molar-refractivity contribution in [2.24, 2.45) is 0 Å². The molecule has 3 rings (SSSR count). The number of carbonyl (C=O) groups excluding carboxylic acids is 3. The van der Waals surface area contributed by atoms with Crippen molar-refractivity contribution in [1.29, 1.82) is 0 Å². The van der Waals surface area contributed by atoms with Gasteiger partial charge in [0.25, 0.3) is 11.8 Å². The van der Waals surface area contributed by atoms with Crippen LogP contribution in [0, 0.1) is 0 Å². The summed E-state index contributed by atoms with van der Waals surface area (Å²) >= 11 is 0. The molecule has 1 aliphatic heterocycles. The first-order chi connectivity index (χ1) is 15.4. The number of rotatable bonds is 6. The van der Waals surface area contributed by atoms with Gasteiger partial charge in [-0.1, -0.05) is 26.0 Å². The van der Waals surface area contributed by atoms with Gasteiger partial charge >= 0.3 is 6.16 Å². The number of ether oxygens (including phenoxy) is 2. The zero-order chi connectivity index (χ0) is 23.1. The molecule has 2 aromatic rings. The minimum absolute atomic E-state index is 0.00493. The fourth-order valence-electron chi connectivity index (χ4n) is 3.61. The van der Waals surface area contributed by atoms with E-state index >= 15 is 0 Å². The van der Waals surface area contributed by atoms with Gasteiger partial charge in [-0.3, -0.25) is 9.59 Å². The van der Waals surface area contributed by atoms with Crippen LogP contribution in [0.25, 0.3) is 0 Å². The van der Waals surface area contributed by atoms with E-state index in [1.165, 1.54) is 5.56 Å². The zero-order valence-corrected chi connectivity index (χ0v) is 18.8. The Morgan fingerprint density at radius 2 is 1.56 bits per heavy atom. The van der Waals surface area contributed by atoms with Crippen LogP contribution in [0.2, 0.25) is 0 Å². The number of nitrogens with one attached hydrogen (secondary N) is 1. The lowest BCUT2D eigenvalue weighted by Crippen LogP contribution is -2.46. The van der Waals surface area contributed by atoms with E-state index in [9.17, 15) is 14.4 Å². The summed E-state index contributed by atoms with van der Waals surface area (Å²) in [5, 5.41) is 3.03. The number of likely N-dealkylation sites (tertiary alicyclic amines) is 1. The fourth-order valence-corrected chi connectivity index (χ4v) is 3.61. The predicted octanol–water partition coefficient (Wildman–Crippen LogP) is 4.38. The standard InChI is InChI=1S/C25H30N2O5/c1-4-31-25(30)32-22-11-9-19(10-12-22)23(28)26-21-13-15-27(16-14-21)24(29)20-7-5-18(6-8-20)17(2)3/h5-12,17,21H,4,13-16H2,1-3H3,(H,26,28). The lowest BCUT2D eigenvalue weighted by atomic mass is 10.00. The molecule has 1 N–H and O–H groups in total. The summed E-state index contributed by atoms with van der Waals surface area (Å²) in [5.74, 6) is 0.581. The highest BCUT2D eigenvalue weighted by Gasteiger charge is 2.25. The third-order valence-electron chi connectivity index (χ3n) is 5.52. The van der Waals surface area contributed by atoms with Crippen molar-refractivity contribution < 1.29 is 23.9 Å². The average Bonchev–Trinajstić information content (AvgIpc) is 2.80. The van der Waals surface area contributed by atoms with Crippen molar-refractivity contribution in [3.05, 3.63) is 65.2 Å². The van der Waals surface area contributed by atoms with Crippen LogP contribution in [0.3, 0.4) is 0 Å². The van der Waals surface area contributed by atoms with Crippen molar-refractivity contribution in [1.82, 2.24) is 10.2 Å². The van der Waals surface area contributed by atoms with E-state index in [1.54, 1.807) is 31.2 Å². The first-order valence-electron chi connectivity index (χ1n) is 11.0. The van der Waals surface area contributed by atoms with E-state index in [0.717, 1.165) is 0 Å². The highest BCUT2D eigenvalue weighted by molar-refractivity contribution is 5.95. The van der Waals surface area contributed by atoms with Crippen molar-refractivity contribution in [3.8, 4) is 5.75 Å². The predicted molar refractivity (Wildman–Crippen MR) is 121 cm³/mol. The molecule has 1 heterocycles. The fraction of sp³-hybridized carbons (Fsp3) is 0.400. The smallest absolute Gasteiger partial charge is 0.434 e. The van der Waals surface area contributed by atoms with E-state index in [0.29, 0.717) is 48.7 Å². The maximum Gasteiger partial charge on any atom is 0.513 e. The summed E-state index contributed by atoms with van der Waals surface area (Å²) in [4.78, 5) is 38.5. The van der Waals surface area contributed by atoms with Crippen LogP contribution in [0.4, 0.5) is 4.79 Å². The van der Waals surface area contributed by atoms with E-state index in [4.69, 9.17) is 9.47 Å². The first-order valence-corrected chi connectivity index (χ1v) is 11.0. The second kappa shape index (κ2) is 10.8. The molecule has 2 amide bonds. The average molecular weight is 439 g/mol. The largest absolute Gasteiger partial charge is 0.513 e. The van der Waals surface area contributed by atoms with Crippen molar-refractivity contribution in [3.63, 3.8) is 0 Å². The number of benzene rings is 2. The molecule has 7 nitrogen and oxygen atoms in total. The summed E-state index contributed by atoms with van der Waals surface area (Å²) in [6.07, 6.45) is 0.624. The van der Waals surface area contributed by atoms with Gasteiger partial charge in [-0.25, -0.2) is 4.79 Å². The van der Waals surface area contributed by atoms with Crippen molar-refractivity contribution in [2.45, 2.75) is 45.6 Å². The molecular formula is C25H30N2O5. The van der Waals surface area contributed by atoms with Gasteiger partial charge in [0.05, 0.1) is 6.61 Å². The van der Waals surface area contributed by atoms with Gasteiger partial charge in [-0.2, -0.15) is 0 Å². The molecule has 32 heavy (non-hydrogen) atoms. The Labute approximate surface area is 188 Å². The summed E-state index contributed by atoms with van der Waals surface area (Å²) in [5.41, 5.74) is 2.38.